The van der Waals surface area contributed by atoms with E-state index in [4.69, 9.17) is 27.9 Å². The number of hydrogen-bond donors (Lipinski definition) is 0. The Hall–Kier alpha value is -1.37. The fourth-order valence-corrected chi connectivity index (χ4v) is 2.81. The van der Waals surface area contributed by atoms with Gasteiger partial charge in [-0.2, -0.15) is 9.36 Å². The number of aromatic nitrogens is 2. The van der Waals surface area contributed by atoms with E-state index in [0.29, 0.717) is 33.4 Å². The molecule has 0 saturated carbocycles. The number of hydrogen-bond acceptors (Lipinski definition) is 5. The summed E-state index contributed by atoms with van der Waals surface area (Å²) in [5.41, 5.74) is 1.33. The summed E-state index contributed by atoms with van der Waals surface area (Å²) in [5.74, 6) is 1.75. The highest BCUT2D eigenvalue weighted by molar-refractivity contribution is 7.07. The number of benzene rings is 1. The zero-order valence-electron chi connectivity index (χ0n) is 15.0. The van der Waals surface area contributed by atoms with E-state index in [2.05, 4.69) is 21.3 Å². The Morgan fingerprint density at radius 3 is 2.76 bits per heavy atom. The van der Waals surface area contributed by atoms with Crippen molar-refractivity contribution in [1.82, 2.24) is 14.3 Å². The molecule has 0 spiro atoms. The number of halogens is 2. The average Bonchev–Trinajstić information content (AvgIpc) is 3.05. The van der Waals surface area contributed by atoms with Gasteiger partial charge in [0, 0.05) is 42.5 Å². The van der Waals surface area contributed by atoms with Crippen LogP contribution in [0.3, 0.4) is 0 Å². The number of nitrogens with zero attached hydrogens (tertiary/aromatic N) is 4. The minimum atomic E-state index is -0.295. The maximum atomic E-state index is 6.33. The van der Waals surface area contributed by atoms with Crippen molar-refractivity contribution in [3.8, 4) is 10.9 Å². The van der Waals surface area contributed by atoms with Gasteiger partial charge in [0.2, 0.25) is 0 Å². The van der Waals surface area contributed by atoms with Crippen molar-refractivity contribution in [2.45, 2.75) is 33.1 Å². The van der Waals surface area contributed by atoms with Gasteiger partial charge < -0.3 is 9.64 Å². The van der Waals surface area contributed by atoms with Gasteiger partial charge in [0.15, 0.2) is 5.82 Å². The van der Waals surface area contributed by atoms with Crippen LogP contribution < -0.4 is 4.74 Å². The maximum absolute atomic E-state index is 6.33. The number of ether oxygens (including phenoxy) is 1. The van der Waals surface area contributed by atoms with Crippen LogP contribution in [-0.2, 0) is 5.41 Å². The molecule has 0 saturated heterocycles. The highest BCUT2D eigenvalue weighted by Gasteiger charge is 2.25. The molecule has 0 atom stereocenters. The second-order valence-electron chi connectivity index (χ2n) is 6.39. The van der Waals surface area contributed by atoms with E-state index in [1.54, 1.807) is 12.4 Å². The molecule has 0 amide bonds. The van der Waals surface area contributed by atoms with E-state index < -0.39 is 0 Å². The van der Waals surface area contributed by atoms with Gasteiger partial charge in [-0.1, -0.05) is 25.4 Å². The predicted molar refractivity (Wildman–Crippen MR) is 106 cm³/mol. The van der Waals surface area contributed by atoms with Crippen LogP contribution >= 0.6 is 34.7 Å². The molecule has 1 aromatic heterocycles. The molecule has 0 radical (unpaired) electrons. The molecule has 25 heavy (non-hydrogen) atoms. The summed E-state index contributed by atoms with van der Waals surface area (Å²) in [5, 5.41) is 0.988. The fourth-order valence-electron chi connectivity index (χ4n) is 1.78. The largest absolute Gasteiger partial charge is 0.430 e. The Balaban J connectivity index is 2.21. The second-order valence-corrected chi connectivity index (χ2v) is 7.78. The molecule has 0 aliphatic rings. The van der Waals surface area contributed by atoms with Crippen LogP contribution in [-0.4, -0.2) is 40.1 Å². The first-order valence-corrected chi connectivity index (χ1v) is 9.58. The topological polar surface area (TPSA) is 50.6 Å². The van der Waals surface area contributed by atoms with Crippen LogP contribution in [0.4, 0.5) is 5.69 Å². The quantitative estimate of drug-likeness (QED) is 0.353. The number of aryl methyl sites for hydroxylation is 1. The number of alkyl halides is 1. The van der Waals surface area contributed by atoms with E-state index in [0.717, 1.165) is 12.1 Å². The molecule has 8 heteroatoms. The molecule has 1 aromatic carbocycles. The first-order valence-electron chi connectivity index (χ1n) is 7.89. The molecule has 0 bridgehead atoms. The Bertz CT molecular complexity index is 761. The van der Waals surface area contributed by atoms with Gasteiger partial charge in [-0.15, -0.1) is 11.6 Å². The lowest BCUT2D eigenvalue weighted by atomic mass is 9.96. The van der Waals surface area contributed by atoms with Crippen molar-refractivity contribution in [2.24, 2.45) is 4.99 Å². The standard InChI is InChI=1S/C17H22Cl2N4OS/c1-6-23(5)10-20-13-7-11(2)14(8-12(13)19)24-16-21-15(22-25-16)17(3,4)9-18/h7-8,10H,6,9H2,1-5H3/b20-10-. The molecule has 5 nitrogen and oxygen atoms in total. The van der Waals surface area contributed by atoms with Gasteiger partial charge in [0.05, 0.1) is 17.0 Å². The zero-order chi connectivity index (χ0) is 18.6. The highest BCUT2D eigenvalue weighted by Crippen LogP contribution is 2.36. The molecule has 1 heterocycles. The first kappa shape index (κ1) is 19.9. The molecular weight excluding hydrogens is 379 g/mol. The zero-order valence-corrected chi connectivity index (χ0v) is 17.3. The second kappa shape index (κ2) is 8.34. The predicted octanol–water partition coefficient (Wildman–Crippen LogP) is 5.42. The summed E-state index contributed by atoms with van der Waals surface area (Å²) in [6, 6.07) is 3.64. The summed E-state index contributed by atoms with van der Waals surface area (Å²) in [6.45, 7) is 8.86. The van der Waals surface area contributed by atoms with Crippen molar-refractivity contribution in [3.05, 3.63) is 28.5 Å². The Kier molecular flexibility index (Phi) is 6.65. The van der Waals surface area contributed by atoms with Gasteiger partial charge in [-0.25, -0.2) is 4.99 Å². The van der Waals surface area contributed by atoms with Crippen molar-refractivity contribution < 1.29 is 4.74 Å². The third-order valence-electron chi connectivity index (χ3n) is 3.68. The van der Waals surface area contributed by atoms with Crippen molar-refractivity contribution >= 4 is 46.8 Å². The lowest BCUT2D eigenvalue weighted by molar-refractivity contribution is 0.465. The van der Waals surface area contributed by atoms with Gasteiger partial charge in [-0.05, 0) is 25.5 Å². The smallest absolute Gasteiger partial charge is 0.298 e. The fraction of sp³-hybridized carbons (Fsp3) is 0.471. The summed E-state index contributed by atoms with van der Waals surface area (Å²) in [7, 11) is 1.96. The summed E-state index contributed by atoms with van der Waals surface area (Å²) >= 11 is 13.5. The van der Waals surface area contributed by atoms with Gasteiger partial charge in [0.1, 0.15) is 5.75 Å². The van der Waals surface area contributed by atoms with E-state index in [-0.39, 0.29) is 5.41 Å². The van der Waals surface area contributed by atoms with Crippen LogP contribution in [0, 0.1) is 6.92 Å². The van der Waals surface area contributed by atoms with Crippen LogP contribution in [0.2, 0.25) is 5.02 Å². The minimum Gasteiger partial charge on any atom is -0.430 e. The Morgan fingerprint density at radius 2 is 2.12 bits per heavy atom. The molecular formula is C17H22Cl2N4OS. The van der Waals surface area contributed by atoms with E-state index in [9.17, 15) is 0 Å². The Morgan fingerprint density at radius 1 is 1.40 bits per heavy atom. The monoisotopic (exact) mass is 400 g/mol. The normalized spacial score (nSPS) is 12.0. The van der Waals surface area contributed by atoms with Gasteiger partial charge in [0.25, 0.3) is 5.19 Å². The molecule has 0 fully saturated rings. The lowest BCUT2D eigenvalue weighted by Gasteiger charge is -2.16. The molecule has 2 rings (SSSR count). The van der Waals surface area contributed by atoms with E-state index in [1.165, 1.54) is 11.5 Å². The van der Waals surface area contributed by atoms with Crippen LogP contribution in [0.25, 0.3) is 0 Å². The van der Waals surface area contributed by atoms with Gasteiger partial charge >= 0.3 is 0 Å². The lowest BCUT2D eigenvalue weighted by Crippen LogP contribution is -2.20. The van der Waals surface area contributed by atoms with Crippen molar-refractivity contribution in [1.29, 1.82) is 0 Å². The van der Waals surface area contributed by atoms with E-state index in [1.807, 2.05) is 38.8 Å². The summed E-state index contributed by atoms with van der Waals surface area (Å²) in [6.07, 6.45) is 1.76. The summed E-state index contributed by atoms with van der Waals surface area (Å²) in [4.78, 5) is 10.8. The number of aliphatic imine (C=N–C) groups is 1. The Labute approximate surface area is 162 Å². The van der Waals surface area contributed by atoms with Crippen LogP contribution in [0.5, 0.6) is 10.9 Å². The van der Waals surface area contributed by atoms with Crippen LogP contribution in [0.1, 0.15) is 32.2 Å². The van der Waals surface area contributed by atoms with Crippen molar-refractivity contribution in [2.75, 3.05) is 19.5 Å². The van der Waals surface area contributed by atoms with E-state index >= 15 is 0 Å². The van der Waals surface area contributed by atoms with Crippen molar-refractivity contribution in [3.63, 3.8) is 0 Å². The first-order chi connectivity index (χ1) is 11.8. The molecule has 0 N–H and O–H groups in total. The summed E-state index contributed by atoms with van der Waals surface area (Å²) < 4.78 is 10.2. The third-order valence-corrected chi connectivity index (χ3v) is 5.25. The molecule has 136 valence electrons. The van der Waals surface area contributed by atoms with Crippen LogP contribution in [0.15, 0.2) is 17.1 Å². The molecule has 0 unspecified atom stereocenters. The SMILES string of the molecule is CCN(C)/C=N\c1cc(C)c(Oc2nc(C(C)(C)CCl)ns2)cc1Cl. The molecule has 2 aromatic rings. The molecule has 0 aliphatic heterocycles. The highest BCUT2D eigenvalue weighted by atomic mass is 35.5. The average molecular weight is 401 g/mol. The maximum Gasteiger partial charge on any atom is 0.298 e. The molecule has 0 aliphatic carbocycles. The van der Waals surface area contributed by atoms with Gasteiger partial charge in [-0.3, -0.25) is 0 Å². The third kappa shape index (κ3) is 5.06. The number of rotatable bonds is 7. The minimum absolute atomic E-state index is 0.295.